The number of carboxylic acids is 2. The molecule has 0 spiro atoms. The van der Waals surface area contributed by atoms with Crippen molar-refractivity contribution in [1.29, 1.82) is 0 Å². The first-order valence-electron chi connectivity index (χ1n) is 48.3. The normalized spacial score (nSPS) is 24.1. The number of aliphatic hydroxyl groups is 1. The summed E-state index contributed by atoms with van der Waals surface area (Å²) in [4.78, 5) is 281. The van der Waals surface area contributed by atoms with Crippen LogP contribution in [0.5, 0.6) is 5.75 Å². The number of thioether (sulfide) groups is 1. The molecule has 6 aromatic rings. The lowest BCUT2D eigenvalue weighted by atomic mass is 9.99. The van der Waals surface area contributed by atoms with Gasteiger partial charge in [-0.2, -0.15) is 0 Å². The minimum absolute atomic E-state index is 0.00314. The summed E-state index contributed by atoms with van der Waals surface area (Å²) in [6, 6.07) is -1.41. The number of fused-ring (bicyclic) bond motifs is 4. The van der Waals surface area contributed by atoms with Crippen molar-refractivity contribution in [2.75, 3.05) is 72.5 Å². The van der Waals surface area contributed by atoms with E-state index in [1.165, 1.54) is 63.4 Å². The van der Waals surface area contributed by atoms with Crippen molar-refractivity contribution in [2.24, 2.45) is 23.1 Å². The number of imidazole rings is 1. The molecule has 3 aromatic carbocycles. The average molecular weight is 2000 g/mol. The molecular weight excluding hydrogens is 1860 g/mol. The summed E-state index contributed by atoms with van der Waals surface area (Å²) in [6.07, 6.45) is 4.22. The van der Waals surface area contributed by atoms with E-state index in [4.69, 9.17) is 21.9 Å². The second kappa shape index (κ2) is 54.4. The lowest BCUT2D eigenvalue weighted by molar-refractivity contribution is -0.149. The predicted molar refractivity (Wildman–Crippen MR) is 524 cm³/mol. The number of ether oxygens (including phenoxy) is 1. The molecule has 6 heterocycles. The van der Waals surface area contributed by atoms with Gasteiger partial charge in [-0.05, 0) is 138 Å². The lowest BCUT2D eigenvalue weighted by Gasteiger charge is -2.36. The van der Waals surface area contributed by atoms with Gasteiger partial charge in [0, 0.05) is 118 Å². The molecule has 3 aromatic heterocycles. The number of aliphatic hydroxyl groups excluding tert-OH is 1. The van der Waals surface area contributed by atoms with Gasteiger partial charge in [-0.1, -0.05) is 102 Å². The number of para-hydroxylation sites is 2. The number of hydrogen-bond acceptors (Lipinski definition) is 24. The minimum atomic E-state index is -1.90. The first-order valence-corrected chi connectivity index (χ1v) is 49.4. The van der Waals surface area contributed by atoms with Gasteiger partial charge in [-0.25, -0.2) is 4.98 Å². The minimum Gasteiger partial charge on any atom is -0.497 e. The van der Waals surface area contributed by atoms with E-state index >= 15 is 38.4 Å². The Balaban J connectivity index is 1.13. The highest BCUT2D eigenvalue weighted by atomic mass is 32.2. The van der Waals surface area contributed by atoms with E-state index in [0.29, 0.717) is 88.5 Å². The molecule has 3 aliphatic heterocycles. The Morgan fingerprint density at radius 2 is 1.12 bits per heavy atom. The van der Waals surface area contributed by atoms with Gasteiger partial charge < -0.3 is 129 Å². The van der Waals surface area contributed by atoms with E-state index in [0.717, 1.165) is 31.4 Å². The van der Waals surface area contributed by atoms with Crippen molar-refractivity contribution in [3.63, 3.8) is 0 Å². The van der Waals surface area contributed by atoms with Crippen molar-refractivity contribution in [3.8, 4) is 5.75 Å². The molecule has 44 nitrogen and oxygen atoms in total. The monoisotopic (exact) mass is 2000 g/mol. The van der Waals surface area contributed by atoms with Gasteiger partial charge in [0.05, 0.1) is 38.3 Å². The third-order valence-electron chi connectivity index (χ3n) is 25.7. The Kier molecular flexibility index (Phi) is 43.0. The third kappa shape index (κ3) is 31.5. The summed E-state index contributed by atoms with van der Waals surface area (Å²) in [5.74, 6) is -18.3. The quantitative estimate of drug-likeness (QED) is 0.0238. The molecule has 3 saturated heterocycles. The van der Waals surface area contributed by atoms with E-state index in [-0.39, 0.29) is 109 Å². The predicted octanol–water partition coefficient (Wildman–Crippen LogP) is -0.466. The number of aromatic nitrogens is 4. The number of carbonyl (C=O) groups is 18. The number of H-pyrrole nitrogens is 2. The van der Waals surface area contributed by atoms with Crippen LogP contribution < -0.4 is 75.1 Å². The number of methoxy groups -OCH3 is 1. The van der Waals surface area contributed by atoms with E-state index in [1.807, 2.05) is 13.8 Å². The van der Waals surface area contributed by atoms with Gasteiger partial charge in [0.2, 0.25) is 94.5 Å². The molecule has 9 rings (SSSR count). The number of nitrogens with zero attached hydrogens (tertiary/aromatic N) is 7. The van der Waals surface area contributed by atoms with Crippen LogP contribution in [0.3, 0.4) is 0 Å². The second-order valence-corrected chi connectivity index (χ2v) is 37.9. The summed E-state index contributed by atoms with van der Waals surface area (Å²) in [5, 5.41) is 60.4. The maximum Gasteiger partial charge on any atom is 0.323 e. The molecule has 15 atom stereocenters. The number of hydrogen-bond donors (Lipinski definition) is 18. The maximum atomic E-state index is 16.1. The summed E-state index contributed by atoms with van der Waals surface area (Å²) >= 11 is 0.796. The van der Waals surface area contributed by atoms with Gasteiger partial charge in [0.1, 0.15) is 96.9 Å². The van der Waals surface area contributed by atoms with E-state index in [2.05, 4.69) is 68.1 Å². The number of primary amides is 1. The molecule has 0 saturated carbocycles. The van der Waals surface area contributed by atoms with Gasteiger partial charge >= 0.3 is 11.9 Å². The number of likely N-dealkylation sites (N-methyl/N-ethyl adjacent to an activating group) is 3. The van der Waals surface area contributed by atoms with Crippen LogP contribution in [0.2, 0.25) is 0 Å². The molecule has 21 N–H and O–H groups in total. The van der Waals surface area contributed by atoms with Crippen LogP contribution in [0.1, 0.15) is 166 Å². The molecule has 16 amide bonds. The second-order valence-electron chi connectivity index (χ2n) is 36.8. The van der Waals surface area contributed by atoms with Crippen molar-refractivity contribution >= 4 is 140 Å². The topological polar surface area (TPSA) is 641 Å². The SMILES string of the molecule is CCCC[C@H]1C(=O)N(C)[C@@H](CCCC)C(=O)N[C@@H](CC(C)C)C(=O)N[C@H](C(=O)NCC(N)=O)CSCC(=O)N[C@@H](Cc2ccc(OC)cc2)C(=O)N(C)[C@@H](C)C(=O)N[C@H](CC(=O)O)C(=O)N2CCC[C@H]2C(=O)N[C@@H](Cc2cnc[nH]2)C(=O)N[C@@H](CCCCN)C(=O)N2C[C@H](O)C[C@H]2C(=O)N[C@@H](Cc2c[nH]c3ccccc23)C(=O)N[C@@H](CCCCN)C(=O)N[C@H](Cc2cn(CC(=O)O)c3ccccc23)C(=O)N1C. The molecule has 0 bridgehead atoms. The Bertz CT molecular complexity index is 5400. The number of carbonyl (C=O) groups excluding carboxylic acids is 16. The molecule has 0 unspecified atom stereocenters. The molecule has 3 fully saturated rings. The number of nitrogens with one attached hydrogen (secondary N) is 12. The number of rotatable bonds is 32. The van der Waals surface area contributed by atoms with Crippen molar-refractivity contribution < 1.29 is 106 Å². The van der Waals surface area contributed by atoms with Crippen molar-refractivity contribution in [1.82, 2.24) is 97.2 Å². The van der Waals surface area contributed by atoms with Crippen LogP contribution in [0.4, 0.5) is 0 Å². The first kappa shape index (κ1) is 112. The fraction of sp³-hybridized carbons (Fsp3) is 0.557. The number of aliphatic carboxylic acids is 2. The standard InChI is InChI=1S/C97H138N22O22S/c1-10-12-28-76-90(133)108-68(39-55(3)4)87(130)113-74(85(128)103-48-80(100)121)52-142-53-81(122)105-71(40-57-32-34-62(141-9)35-33-57)93(136)114(6)56(5)84(127)111-73(45-82(123)124)96(139)118-38-22-31-77(118)91(134)110-70(43-60-47-101-54-104-60)89(132)107-67(27-19-21-37-99)95(138)119-50-61(120)44-79(119)92(135)109-69(41-58-46-102-65-25-16-14-23-63(58)65)88(131)106-66(26-18-20-36-98)86(129)112-72(94(137)116(8)78(29-13-11-2)97(140)115(76)7)42-59-49-117(51-83(125)126)75-30-17-15-24-64(59)75/h14-17,23-25,30,32-35,46-47,49,54-56,61,66-74,76-79,102,120H,10-13,18-22,26-29,31,36-45,48,50-53,98-99H2,1-9H3,(H2,100,121)(H,101,104)(H,103,128)(H,105,122)(H,106,131)(H,107,132)(H,108,133)(H,109,135)(H,110,134)(H,111,127)(H,112,129)(H,113,130)(H,123,124)(H,125,126)/t56-,61+,66-,67-,68-,69-,70-,71-,72+,73+,74-,76-,77-,78-,79-/m0/s1. The average Bonchev–Trinajstić information content (AvgIpc) is 1.61. The number of carboxylic acid groups (broad SMARTS) is 2. The van der Waals surface area contributed by atoms with Crippen molar-refractivity contribution in [2.45, 2.75) is 267 Å². The van der Waals surface area contributed by atoms with Crippen LogP contribution in [-0.4, -0.2) is 329 Å². The van der Waals surface area contributed by atoms with Crippen LogP contribution in [0.15, 0.2) is 97.7 Å². The Morgan fingerprint density at radius 1 is 0.556 bits per heavy atom. The molecule has 45 heteroatoms. The maximum absolute atomic E-state index is 16.1. The zero-order valence-corrected chi connectivity index (χ0v) is 82.7. The van der Waals surface area contributed by atoms with Gasteiger partial charge in [0.25, 0.3) is 0 Å². The van der Waals surface area contributed by atoms with E-state index < -0.39 is 241 Å². The smallest absolute Gasteiger partial charge is 0.323 e. The van der Waals surface area contributed by atoms with Crippen LogP contribution in [0.25, 0.3) is 21.8 Å². The number of benzene rings is 3. The zero-order valence-electron chi connectivity index (χ0n) is 81.9. The Morgan fingerprint density at radius 3 is 1.75 bits per heavy atom. The van der Waals surface area contributed by atoms with Crippen LogP contribution >= 0.6 is 11.8 Å². The van der Waals surface area contributed by atoms with Crippen LogP contribution in [0, 0.1) is 5.92 Å². The van der Waals surface area contributed by atoms with E-state index in [1.54, 1.807) is 92.8 Å². The fourth-order valence-corrected chi connectivity index (χ4v) is 18.7. The zero-order chi connectivity index (χ0) is 104. The molecule has 0 aliphatic carbocycles. The molecule has 0 radical (unpaired) electrons. The number of amides is 16. The summed E-state index contributed by atoms with van der Waals surface area (Å²) in [5.41, 5.74) is 20.3. The van der Waals surface area contributed by atoms with Crippen molar-refractivity contribution in [3.05, 3.63) is 120 Å². The summed E-state index contributed by atoms with van der Waals surface area (Å²) in [7, 11) is 5.38. The summed E-state index contributed by atoms with van der Waals surface area (Å²) < 4.78 is 6.81. The fourth-order valence-electron chi connectivity index (χ4n) is 17.9. The first-order chi connectivity index (χ1) is 67.8. The number of aromatic amines is 2. The molecule has 774 valence electrons. The molecular formula is C97H138N22O22S. The third-order valence-corrected chi connectivity index (χ3v) is 26.8. The van der Waals surface area contributed by atoms with E-state index in [9.17, 15) is 63.3 Å². The summed E-state index contributed by atoms with van der Waals surface area (Å²) in [6.45, 7) is 6.88. The Hall–Kier alpha value is -13.6. The lowest BCUT2D eigenvalue weighted by Crippen LogP contribution is -2.61. The van der Waals surface area contributed by atoms with Gasteiger partial charge in [0.15, 0.2) is 0 Å². The van der Waals surface area contributed by atoms with Gasteiger partial charge in [-0.15, -0.1) is 11.8 Å². The van der Waals surface area contributed by atoms with Gasteiger partial charge in [-0.3, -0.25) is 86.3 Å². The number of unbranched alkanes of at least 4 members (excludes halogenated alkanes) is 4. The largest absolute Gasteiger partial charge is 0.497 e. The van der Waals surface area contributed by atoms with Crippen LogP contribution in [-0.2, 0) is 119 Å². The highest BCUT2D eigenvalue weighted by Gasteiger charge is 2.47. The number of nitrogens with two attached hydrogens (primary N) is 3. The molecule has 3 aliphatic rings. The highest BCUT2D eigenvalue weighted by molar-refractivity contribution is 8.00. The Labute approximate surface area is 827 Å². The highest BCUT2D eigenvalue weighted by Crippen LogP contribution is 2.29. The molecule has 142 heavy (non-hydrogen) atoms.